The van der Waals surface area contributed by atoms with E-state index in [-0.39, 0.29) is 22.3 Å². The number of ether oxygens (including phenoxy) is 1. The first-order chi connectivity index (χ1) is 11.0. The number of pyridine rings is 1. The van der Waals surface area contributed by atoms with Crippen molar-refractivity contribution >= 4 is 35.2 Å². The van der Waals surface area contributed by atoms with Crippen molar-refractivity contribution in [3.05, 3.63) is 74.7 Å². The van der Waals surface area contributed by atoms with Crippen molar-refractivity contribution in [2.75, 3.05) is 0 Å². The minimum Gasteiger partial charge on any atom is -0.402 e. The molecule has 0 aliphatic carbocycles. The maximum atomic E-state index is 11.9. The Labute approximate surface area is 135 Å². The summed E-state index contributed by atoms with van der Waals surface area (Å²) in [6.45, 7) is 0. The summed E-state index contributed by atoms with van der Waals surface area (Å²) in [7, 11) is 0. The van der Waals surface area contributed by atoms with Crippen molar-refractivity contribution in [3.63, 3.8) is 0 Å². The highest BCUT2D eigenvalue weighted by molar-refractivity contribution is 6.34. The van der Waals surface area contributed by atoms with Gasteiger partial charge in [-0.2, -0.15) is 0 Å². The average molecular weight is 330 g/mol. The van der Waals surface area contributed by atoms with Gasteiger partial charge in [-0.05, 0) is 29.8 Å². The topological polar surface area (TPSA) is 94.7 Å². The Hall–Kier alpha value is -3.06. The van der Waals surface area contributed by atoms with Gasteiger partial charge in [-0.25, -0.2) is 9.79 Å². The van der Waals surface area contributed by atoms with E-state index in [9.17, 15) is 14.9 Å². The number of esters is 1. The van der Waals surface area contributed by atoms with Crippen LogP contribution >= 0.6 is 11.6 Å². The fourth-order valence-corrected chi connectivity index (χ4v) is 2.19. The molecule has 0 unspecified atom stereocenters. The van der Waals surface area contributed by atoms with Crippen LogP contribution in [0.2, 0.25) is 5.02 Å². The second-order valence-corrected chi connectivity index (χ2v) is 4.95. The number of benzene rings is 1. The standard InChI is InChI=1S/C15H8ClN3O4/c16-12-8-10(19(21)22)1-2-11(12)14-18-13(15(20)23-14)7-9-3-5-17-6-4-9/h1-8H/b13-7-. The van der Waals surface area contributed by atoms with Crippen molar-refractivity contribution in [3.8, 4) is 0 Å². The molecule has 0 spiro atoms. The number of nitro groups is 1. The first kappa shape index (κ1) is 14.9. The number of halogens is 1. The first-order valence-electron chi connectivity index (χ1n) is 6.41. The number of carbonyl (C=O) groups is 1. The molecule has 0 fully saturated rings. The summed E-state index contributed by atoms with van der Waals surface area (Å²) in [5.41, 5.74) is 1.01. The third-order valence-corrected chi connectivity index (χ3v) is 3.34. The third kappa shape index (κ3) is 3.09. The Kier molecular flexibility index (Phi) is 3.86. The second kappa shape index (κ2) is 5.98. The van der Waals surface area contributed by atoms with Crippen molar-refractivity contribution in [1.82, 2.24) is 4.98 Å². The number of aliphatic imine (C=N–C) groups is 1. The Morgan fingerprint density at radius 3 is 2.61 bits per heavy atom. The van der Waals surface area contributed by atoms with Crippen molar-refractivity contribution < 1.29 is 14.5 Å². The number of nitro benzene ring substituents is 1. The lowest BCUT2D eigenvalue weighted by molar-refractivity contribution is -0.384. The normalized spacial score (nSPS) is 15.4. The molecule has 0 atom stereocenters. The van der Waals surface area contributed by atoms with E-state index in [4.69, 9.17) is 16.3 Å². The van der Waals surface area contributed by atoms with Gasteiger partial charge in [0.25, 0.3) is 5.69 Å². The van der Waals surface area contributed by atoms with E-state index in [0.29, 0.717) is 5.56 Å². The number of hydrogen-bond acceptors (Lipinski definition) is 6. The zero-order chi connectivity index (χ0) is 16.4. The number of aromatic nitrogens is 1. The van der Waals surface area contributed by atoms with Gasteiger partial charge in [0.1, 0.15) is 0 Å². The largest absolute Gasteiger partial charge is 0.402 e. The SMILES string of the molecule is O=C1OC(c2ccc([N+](=O)[O-])cc2Cl)=N/C1=C\c1ccncc1. The van der Waals surface area contributed by atoms with Gasteiger partial charge in [-0.1, -0.05) is 11.6 Å². The summed E-state index contributed by atoms with van der Waals surface area (Å²) in [5.74, 6) is -0.610. The van der Waals surface area contributed by atoms with Crippen LogP contribution in [-0.4, -0.2) is 21.8 Å². The van der Waals surface area contributed by atoms with Crippen LogP contribution in [0.25, 0.3) is 6.08 Å². The molecular formula is C15H8ClN3O4. The molecule has 7 nitrogen and oxygen atoms in total. The molecule has 23 heavy (non-hydrogen) atoms. The molecule has 2 aromatic rings. The van der Waals surface area contributed by atoms with E-state index >= 15 is 0 Å². The smallest absolute Gasteiger partial charge is 0.363 e. The van der Waals surface area contributed by atoms with Crippen LogP contribution in [0.3, 0.4) is 0 Å². The van der Waals surface area contributed by atoms with Gasteiger partial charge in [0.05, 0.1) is 15.5 Å². The molecule has 1 aliphatic heterocycles. The Morgan fingerprint density at radius 1 is 1.22 bits per heavy atom. The van der Waals surface area contributed by atoms with E-state index in [0.717, 1.165) is 5.56 Å². The Morgan fingerprint density at radius 2 is 1.96 bits per heavy atom. The zero-order valence-electron chi connectivity index (χ0n) is 11.5. The summed E-state index contributed by atoms with van der Waals surface area (Å²) in [4.78, 5) is 30.0. The highest BCUT2D eigenvalue weighted by Crippen LogP contribution is 2.27. The van der Waals surface area contributed by atoms with Crippen molar-refractivity contribution in [2.24, 2.45) is 4.99 Å². The monoisotopic (exact) mass is 329 g/mol. The summed E-state index contributed by atoms with van der Waals surface area (Å²) < 4.78 is 5.09. The molecule has 1 aromatic carbocycles. The predicted octanol–water partition coefficient (Wildman–Crippen LogP) is 2.99. The fourth-order valence-electron chi connectivity index (χ4n) is 1.93. The Balaban J connectivity index is 1.96. The average Bonchev–Trinajstić information content (AvgIpc) is 2.89. The summed E-state index contributed by atoms with van der Waals surface area (Å²) in [5, 5.41) is 10.8. The quantitative estimate of drug-likeness (QED) is 0.373. The summed E-state index contributed by atoms with van der Waals surface area (Å²) in [6.07, 6.45) is 4.73. The minimum atomic E-state index is -0.619. The molecule has 0 saturated heterocycles. The predicted molar refractivity (Wildman–Crippen MR) is 82.9 cm³/mol. The molecule has 3 rings (SSSR count). The van der Waals surface area contributed by atoms with E-state index in [2.05, 4.69) is 9.98 Å². The molecule has 114 valence electrons. The van der Waals surface area contributed by atoms with Gasteiger partial charge in [-0.15, -0.1) is 0 Å². The number of rotatable bonds is 3. The van der Waals surface area contributed by atoms with Crippen molar-refractivity contribution in [2.45, 2.75) is 0 Å². The van der Waals surface area contributed by atoms with E-state index in [1.54, 1.807) is 30.6 Å². The maximum Gasteiger partial charge on any atom is 0.363 e. The van der Waals surface area contributed by atoms with Gasteiger partial charge in [0, 0.05) is 24.5 Å². The van der Waals surface area contributed by atoms with Gasteiger partial charge < -0.3 is 4.74 Å². The lowest BCUT2D eigenvalue weighted by Gasteiger charge is -2.02. The molecule has 2 heterocycles. The second-order valence-electron chi connectivity index (χ2n) is 4.54. The number of nitrogens with zero attached hydrogens (tertiary/aromatic N) is 3. The molecular weight excluding hydrogens is 322 g/mol. The van der Waals surface area contributed by atoms with Crippen molar-refractivity contribution in [1.29, 1.82) is 0 Å². The maximum absolute atomic E-state index is 11.9. The van der Waals surface area contributed by atoms with Gasteiger partial charge in [0.15, 0.2) is 5.70 Å². The lowest BCUT2D eigenvalue weighted by Crippen LogP contribution is -2.06. The van der Waals surface area contributed by atoms with Crippen LogP contribution in [-0.2, 0) is 9.53 Å². The Bertz CT molecular complexity index is 862. The number of hydrogen-bond donors (Lipinski definition) is 0. The molecule has 1 aliphatic rings. The first-order valence-corrected chi connectivity index (χ1v) is 6.79. The zero-order valence-corrected chi connectivity index (χ0v) is 12.2. The molecule has 0 radical (unpaired) electrons. The van der Waals surface area contributed by atoms with E-state index in [1.807, 2.05) is 0 Å². The fraction of sp³-hybridized carbons (Fsp3) is 0. The molecule has 0 amide bonds. The third-order valence-electron chi connectivity index (χ3n) is 3.02. The van der Waals surface area contributed by atoms with Crippen LogP contribution in [0.15, 0.2) is 53.4 Å². The number of cyclic esters (lactones) is 1. The van der Waals surface area contributed by atoms with Crippen LogP contribution < -0.4 is 0 Å². The van der Waals surface area contributed by atoms with E-state index < -0.39 is 10.9 Å². The van der Waals surface area contributed by atoms with Crippen LogP contribution in [0.5, 0.6) is 0 Å². The van der Waals surface area contributed by atoms with Gasteiger partial charge in [0.2, 0.25) is 5.90 Å². The summed E-state index contributed by atoms with van der Waals surface area (Å²) >= 11 is 6.00. The highest BCUT2D eigenvalue weighted by atomic mass is 35.5. The van der Waals surface area contributed by atoms with Crippen LogP contribution in [0, 0.1) is 10.1 Å². The molecule has 0 saturated carbocycles. The highest BCUT2D eigenvalue weighted by Gasteiger charge is 2.26. The minimum absolute atomic E-state index is 0.00945. The van der Waals surface area contributed by atoms with Gasteiger partial charge in [-0.3, -0.25) is 15.1 Å². The molecule has 0 bridgehead atoms. The van der Waals surface area contributed by atoms with Crippen LogP contribution in [0.4, 0.5) is 5.69 Å². The van der Waals surface area contributed by atoms with E-state index in [1.165, 1.54) is 18.2 Å². The van der Waals surface area contributed by atoms with Crippen LogP contribution in [0.1, 0.15) is 11.1 Å². The van der Waals surface area contributed by atoms with Gasteiger partial charge >= 0.3 is 5.97 Å². The lowest BCUT2D eigenvalue weighted by atomic mass is 10.2. The molecule has 1 aromatic heterocycles. The number of non-ortho nitro benzene ring substituents is 1. The number of carbonyl (C=O) groups excluding carboxylic acids is 1. The summed E-state index contributed by atoms with van der Waals surface area (Å²) in [6, 6.07) is 7.27. The molecule has 8 heteroatoms. The molecule has 0 N–H and O–H groups in total.